The molecule has 0 unspecified atom stereocenters. The van der Waals surface area contributed by atoms with Gasteiger partial charge in [0.25, 0.3) is 15.9 Å². The summed E-state index contributed by atoms with van der Waals surface area (Å²) in [6.45, 7) is 0. The zero-order chi connectivity index (χ0) is 25.8. The summed E-state index contributed by atoms with van der Waals surface area (Å²) in [5.41, 5.74) is 1.04. The van der Waals surface area contributed by atoms with E-state index in [-0.39, 0.29) is 4.90 Å². The van der Waals surface area contributed by atoms with Crippen molar-refractivity contribution in [3.8, 4) is 23.0 Å². The summed E-state index contributed by atoms with van der Waals surface area (Å²) in [7, 11) is 3.34. The van der Waals surface area contributed by atoms with Crippen molar-refractivity contribution in [2.45, 2.75) is 4.90 Å². The predicted octanol–water partition coefficient (Wildman–Crippen LogP) is 4.45. The number of ether oxygens (including phenoxy) is 4. The molecular weight excluding hydrogens is 496 g/mol. The standard InChI is InChI=1S/C24H25ClN2O7S/c1-27(35(29,30)17-10-11-20(31-2)23(12-17)34-5)16-8-6-15(7-9-16)24(28)26-19-14-21(32-3)18(25)13-22(19)33-4/h6-14H,1-5H3,(H,26,28). The molecule has 11 heteroatoms. The highest BCUT2D eigenvalue weighted by Crippen LogP contribution is 2.36. The van der Waals surface area contributed by atoms with Crippen molar-refractivity contribution in [3.63, 3.8) is 0 Å². The van der Waals surface area contributed by atoms with Gasteiger partial charge in [-0.1, -0.05) is 11.6 Å². The van der Waals surface area contributed by atoms with Crippen LogP contribution in [0.25, 0.3) is 0 Å². The quantitative estimate of drug-likeness (QED) is 0.444. The third kappa shape index (κ3) is 5.39. The molecule has 1 amide bonds. The summed E-state index contributed by atoms with van der Waals surface area (Å²) < 4.78 is 48.2. The number of carbonyl (C=O) groups is 1. The minimum atomic E-state index is -3.90. The minimum absolute atomic E-state index is 0.0308. The number of hydrogen-bond acceptors (Lipinski definition) is 7. The van der Waals surface area contributed by atoms with Crippen LogP contribution in [-0.2, 0) is 10.0 Å². The predicted molar refractivity (Wildman–Crippen MR) is 134 cm³/mol. The average Bonchev–Trinajstić information content (AvgIpc) is 2.88. The van der Waals surface area contributed by atoms with Crippen LogP contribution in [0.3, 0.4) is 0 Å². The Morgan fingerprint density at radius 2 is 1.40 bits per heavy atom. The molecule has 0 bridgehead atoms. The van der Waals surface area contributed by atoms with Gasteiger partial charge in [-0.25, -0.2) is 8.42 Å². The number of nitrogens with zero attached hydrogens (tertiary/aromatic N) is 1. The molecule has 3 aromatic carbocycles. The van der Waals surface area contributed by atoms with Gasteiger partial charge >= 0.3 is 0 Å². The first-order valence-corrected chi connectivity index (χ1v) is 12.0. The SMILES string of the molecule is COc1cc(NC(=O)c2ccc(N(C)S(=O)(=O)c3ccc(OC)c(OC)c3)cc2)c(OC)cc1Cl. The van der Waals surface area contributed by atoms with Gasteiger partial charge in [-0.3, -0.25) is 9.10 Å². The van der Waals surface area contributed by atoms with Crippen molar-refractivity contribution < 1.29 is 32.2 Å². The fraction of sp³-hybridized carbons (Fsp3) is 0.208. The van der Waals surface area contributed by atoms with Gasteiger partial charge in [0.15, 0.2) is 11.5 Å². The number of hydrogen-bond donors (Lipinski definition) is 1. The van der Waals surface area contributed by atoms with Crippen molar-refractivity contribution in [3.05, 3.63) is 65.2 Å². The Bertz CT molecular complexity index is 1330. The van der Waals surface area contributed by atoms with Crippen LogP contribution in [0.15, 0.2) is 59.5 Å². The van der Waals surface area contributed by atoms with Crippen LogP contribution in [0.5, 0.6) is 23.0 Å². The van der Waals surface area contributed by atoms with Crippen molar-refractivity contribution in [2.75, 3.05) is 45.1 Å². The van der Waals surface area contributed by atoms with E-state index < -0.39 is 15.9 Å². The number of nitrogens with one attached hydrogen (secondary N) is 1. The Hall–Kier alpha value is -3.63. The van der Waals surface area contributed by atoms with E-state index in [9.17, 15) is 13.2 Å². The normalized spacial score (nSPS) is 10.9. The van der Waals surface area contributed by atoms with Gasteiger partial charge in [0, 0.05) is 30.8 Å². The highest BCUT2D eigenvalue weighted by molar-refractivity contribution is 7.92. The van der Waals surface area contributed by atoms with E-state index in [1.54, 1.807) is 6.07 Å². The summed E-state index contributed by atoms with van der Waals surface area (Å²) in [4.78, 5) is 12.8. The highest BCUT2D eigenvalue weighted by atomic mass is 35.5. The first-order valence-electron chi connectivity index (χ1n) is 10.2. The fourth-order valence-corrected chi connectivity index (χ4v) is 4.69. The number of halogens is 1. The second-order valence-electron chi connectivity index (χ2n) is 7.18. The summed E-state index contributed by atoms with van der Waals surface area (Å²) in [6.07, 6.45) is 0. The third-order valence-electron chi connectivity index (χ3n) is 5.23. The lowest BCUT2D eigenvalue weighted by molar-refractivity contribution is 0.102. The molecule has 35 heavy (non-hydrogen) atoms. The molecule has 0 aromatic heterocycles. The van der Waals surface area contributed by atoms with E-state index in [4.69, 9.17) is 30.5 Å². The molecule has 186 valence electrons. The Labute approximate surface area is 209 Å². The minimum Gasteiger partial charge on any atom is -0.495 e. The van der Waals surface area contributed by atoms with Crippen LogP contribution in [0.1, 0.15) is 10.4 Å². The number of benzene rings is 3. The van der Waals surface area contributed by atoms with Gasteiger partial charge in [0.2, 0.25) is 0 Å². The second-order valence-corrected chi connectivity index (χ2v) is 9.55. The average molecular weight is 521 g/mol. The highest BCUT2D eigenvalue weighted by Gasteiger charge is 2.23. The number of carbonyl (C=O) groups excluding carboxylic acids is 1. The van der Waals surface area contributed by atoms with E-state index in [1.165, 1.54) is 84.0 Å². The number of anilines is 2. The first-order chi connectivity index (χ1) is 16.7. The Morgan fingerprint density at radius 1 is 0.800 bits per heavy atom. The maximum atomic E-state index is 13.1. The van der Waals surface area contributed by atoms with E-state index in [0.29, 0.717) is 45.0 Å². The van der Waals surface area contributed by atoms with Gasteiger partial charge in [-0.15, -0.1) is 0 Å². The first kappa shape index (κ1) is 26.0. The Morgan fingerprint density at radius 3 is 1.97 bits per heavy atom. The molecule has 0 aliphatic carbocycles. The molecule has 0 fully saturated rings. The number of sulfonamides is 1. The molecular formula is C24H25ClN2O7S. The summed E-state index contributed by atoms with van der Waals surface area (Å²) in [5.74, 6) is 1.02. The topological polar surface area (TPSA) is 103 Å². The van der Waals surface area contributed by atoms with Crippen LogP contribution in [0, 0.1) is 0 Å². The van der Waals surface area contributed by atoms with Gasteiger partial charge in [0.1, 0.15) is 11.5 Å². The lowest BCUT2D eigenvalue weighted by Gasteiger charge is -2.20. The monoisotopic (exact) mass is 520 g/mol. The molecule has 0 aliphatic rings. The molecule has 3 aromatic rings. The van der Waals surface area contributed by atoms with E-state index in [2.05, 4.69) is 5.32 Å². The third-order valence-corrected chi connectivity index (χ3v) is 7.31. The molecule has 0 aliphatic heterocycles. The molecule has 0 saturated carbocycles. The summed E-state index contributed by atoms with van der Waals surface area (Å²) >= 11 is 6.11. The smallest absolute Gasteiger partial charge is 0.264 e. The van der Waals surface area contributed by atoms with Crippen LogP contribution < -0.4 is 28.6 Å². The van der Waals surface area contributed by atoms with Crippen molar-refractivity contribution in [2.24, 2.45) is 0 Å². The molecule has 0 radical (unpaired) electrons. The van der Waals surface area contributed by atoms with Gasteiger partial charge in [0.05, 0.1) is 49.7 Å². The van der Waals surface area contributed by atoms with E-state index >= 15 is 0 Å². The maximum absolute atomic E-state index is 13.1. The lowest BCUT2D eigenvalue weighted by atomic mass is 10.2. The molecule has 3 rings (SSSR count). The molecule has 1 N–H and O–H groups in total. The maximum Gasteiger partial charge on any atom is 0.264 e. The molecule has 9 nitrogen and oxygen atoms in total. The zero-order valence-corrected chi connectivity index (χ0v) is 21.4. The second kappa shape index (κ2) is 10.7. The largest absolute Gasteiger partial charge is 0.495 e. The van der Waals surface area contributed by atoms with Crippen LogP contribution >= 0.6 is 11.6 Å². The molecule has 0 saturated heterocycles. The molecule has 0 heterocycles. The Balaban J connectivity index is 1.83. The Kier molecular flexibility index (Phi) is 7.98. The molecule has 0 spiro atoms. The van der Waals surface area contributed by atoms with Crippen molar-refractivity contribution in [1.82, 2.24) is 0 Å². The lowest BCUT2D eigenvalue weighted by Crippen LogP contribution is -2.26. The number of methoxy groups -OCH3 is 4. The van der Waals surface area contributed by atoms with E-state index in [0.717, 1.165) is 4.31 Å². The van der Waals surface area contributed by atoms with Crippen molar-refractivity contribution in [1.29, 1.82) is 0 Å². The summed E-state index contributed by atoms with van der Waals surface area (Å²) in [6, 6.07) is 13.5. The zero-order valence-electron chi connectivity index (χ0n) is 19.8. The van der Waals surface area contributed by atoms with Crippen LogP contribution in [-0.4, -0.2) is 49.8 Å². The van der Waals surface area contributed by atoms with Gasteiger partial charge in [-0.05, 0) is 36.4 Å². The fourth-order valence-electron chi connectivity index (χ4n) is 3.25. The van der Waals surface area contributed by atoms with E-state index in [1.807, 2.05) is 0 Å². The van der Waals surface area contributed by atoms with Gasteiger partial charge in [-0.2, -0.15) is 0 Å². The van der Waals surface area contributed by atoms with Crippen LogP contribution in [0.2, 0.25) is 5.02 Å². The number of amides is 1. The molecule has 0 atom stereocenters. The van der Waals surface area contributed by atoms with Crippen molar-refractivity contribution >= 4 is 38.9 Å². The summed E-state index contributed by atoms with van der Waals surface area (Å²) in [5, 5.41) is 3.09. The van der Waals surface area contributed by atoms with Crippen LogP contribution in [0.4, 0.5) is 11.4 Å². The number of rotatable bonds is 9. The van der Waals surface area contributed by atoms with Gasteiger partial charge < -0.3 is 24.3 Å².